The Morgan fingerprint density at radius 1 is 1.21 bits per heavy atom. The van der Waals surface area contributed by atoms with E-state index in [2.05, 4.69) is 70.3 Å². The highest BCUT2D eigenvalue weighted by atomic mass is 32.1. The van der Waals surface area contributed by atoms with E-state index in [4.69, 9.17) is 9.73 Å². The second-order valence-electron chi connectivity index (χ2n) is 7.40. The van der Waals surface area contributed by atoms with Crippen molar-refractivity contribution in [3.63, 3.8) is 0 Å². The number of nitrogens with one attached hydrogen (secondary N) is 2. The third kappa shape index (κ3) is 4.93. The van der Waals surface area contributed by atoms with Crippen LogP contribution in [0.2, 0.25) is 0 Å². The van der Waals surface area contributed by atoms with Gasteiger partial charge in [-0.05, 0) is 30.4 Å². The zero-order valence-electron chi connectivity index (χ0n) is 16.5. The van der Waals surface area contributed by atoms with E-state index in [-0.39, 0.29) is 0 Å². The average molecular weight is 399 g/mol. The minimum atomic E-state index is 0.323. The summed E-state index contributed by atoms with van der Waals surface area (Å²) in [5, 5.41) is 9.23. The molecule has 3 atom stereocenters. The fourth-order valence-corrected chi connectivity index (χ4v) is 4.70. The molecule has 150 valence electrons. The van der Waals surface area contributed by atoms with E-state index in [0.29, 0.717) is 18.0 Å². The molecule has 0 spiro atoms. The molecular formula is C22H30N4OS. The first-order valence-corrected chi connectivity index (χ1v) is 11.2. The highest BCUT2D eigenvalue weighted by molar-refractivity contribution is 7.10. The van der Waals surface area contributed by atoms with Crippen LogP contribution in [-0.2, 0) is 4.74 Å². The maximum absolute atomic E-state index is 5.55. The van der Waals surface area contributed by atoms with Gasteiger partial charge in [0.2, 0.25) is 0 Å². The lowest BCUT2D eigenvalue weighted by Crippen LogP contribution is -2.42. The van der Waals surface area contributed by atoms with E-state index < -0.39 is 0 Å². The van der Waals surface area contributed by atoms with Crippen molar-refractivity contribution >= 4 is 17.3 Å². The number of hydrogen-bond acceptors (Lipinski definition) is 4. The van der Waals surface area contributed by atoms with Crippen LogP contribution >= 0.6 is 11.3 Å². The second kappa shape index (κ2) is 9.54. The van der Waals surface area contributed by atoms with Crippen molar-refractivity contribution in [1.29, 1.82) is 0 Å². The first kappa shape index (κ1) is 19.4. The molecule has 2 heterocycles. The van der Waals surface area contributed by atoms with E-state index in [0.717, 1.165) is 45.4 Å². The molecule has 4 rings (SSSR count). The van der Waals surface area contributed by atoms with Crippen molar-refractivity contribution < 1.29 is 4.74 Å². The van der Waals surface area contributed by atoms with Crippen molar-refractivity contribution in [3.8, 4) is 0 Å². The summed E-state index contributed by atoms with van der Waals surface area (Å²) in [6.45, 7) is 7.32. The number of rotatable bonds is 7. The number of ether oxygens (including phenoxy) is 1. The molecule has 1 aliphatic carbocycles. The van der Waals surface area contributed by atoms with Crippen molar-refractivity contribution in [1.82, 2.24) is 15.5 Å². The second-order valence-corrected chi connectivity index (χ2v) is 8.38. The highest BCUT2D eigenvalue weighted by Gasteiger charge is 2.38. The van der Waals surface area contributed by atoms with E-state index in [1.54, 1.807) is 0 Å². The normalized spacial score (nSPS) is 24.0. The summed E-state index contributed by atoms with van der Waals surface area (Å²) in [5.41, 5.74) is 1.42. The summed E-state index contributed by atoms with van der Waals surface area (Å²) in [7, 11) is 0. The lowest BCUT2D eigenvalue weighted by Gasteiger charge is -2.33. The number of aliphatic imine (C=N–C) groups is 1. The molecule has 1 aliphatic heterocycles. The maximum atomic E-state index is 5.55. The van der Waals surface area contributed by atoms with E-state index in [1.165, 1.54) is 16.9 Å². The van der Waals surface area contributed by atoms with Crippen LogP contribution in [0.3, 0.4) is 0 Å². The molecule has 2 N–H and O–H groups in total. The number of thiophene rings is 1. The standard InChI is InChI=1S/C22H30N4OS/c1-2-23-22(25-19-15-18(19)17-7-4-3-5-8-17)24-16-20(21-9-6-14-28-21)26-10-12-27-13-11-26/h3-9,14,18-20H,2,10-13,15-16H2,1H3,(H2,23,24,25). The molecular weight excluding hydrogens is 368 g/mol. The molecule has 0 radical (unpaired) electrons. The highest BCUT2D eigenvalue weighted by Crippen LogP contribution is 2.40. The quantitative estimate of drug-likeness (QED) is 0.555. The Kier molecular flexibility index (Phi) is 6.62. The molecule has 2 fully saturated rings. The predicted octanol–water partition coefficient (Wildman–Crippen LogP) is 3.23. The molecule has 1 aromatic carbocycles. The third-order valence-electron chi connectivity index (χ3n) is 5.46. The number of morpholine rings is 1. The summed E-state index contributed by atoms with van der Waals surface area (Å²) in [6, 6.07) is 15.9. The molecule has 0 amide bonds. The Morgan fingerprint density at radius 2 is 2.04 bits per heavy atom. The van der Waals surface area contributed by atoms with Crippen LogP contribution in [0.25, 0.3) is 0 Å². The third-order valence-corrected chi connectivity index (χ3v) is 6.44. The Balaban J connectivity index is 1.41. The summed E-state index contributed by atoms with van der Waals surface area (Å²) in [5.74, 6) is 1.53. The van der Waals surface area contributed by atoms with Crippen LogP contribution in [0.5, 0.6) is 0 Å². The van der Waals surface area contributed by atoms with Crippen LogP contribution in [0.1, 0.15) is 35.7 Å². The van der Waals surface area contributed by atoms with Crippen LogP contribution in [-0.4, -0.2) is 56.3 Å². The molecule has 1 saturated heterocycles. The molecule has 6 heteroatoms. The molecule has 28 heavy (non-hydrogen) atoms. The Morgan fingerprint density at radius 3 is 2.75 bits per heavy atom. The number of guanidine groups is 1. The van der Waals surface area contributed by atoms with E-state index >= 15 is 0 Å². The number of hydrogen-bond donors (Lipinski definition) is 2. The minimum absolute atomic E-state index is 0.323. The minimum Gasteiger partial charge on any atom is -0.379 e. The Labute approximate surface area is 171 Å². The van der Waals surface area contributed by atoms with Crippen LogP contribution in [0.15, 0.2) is 52.8 Å². The monoisotopic (exact) mass is 398 g/mol. The van der Waals surface area contributed by atoms with Gasteiger partial charge < -0.3 is 15.4 Å². The van der Waals surface area contributed by atoms with Gasteiger partial charge in [0.25, 0.3) is 0 Å². The molecule has 1 saturated carbocycles. The molecule has 0 bridgehead atoms. The smallest absolute Gasteiger partial charge is 0.191 e. The zero-order valence-corrected chi connectivity index (χ0v) is 17.3. The zero-order chi connectivity index (χ0) is 19.2. The van der Waals surface area contributed by atoms with Crippen LogP contribution in [0, 0.1) is 0 Å². The van der Waals surface area contributed by atoms with Gasteiger partial charge in [-0.2, -0.15) is 0 Å². The first-order valence-electron chi connectivity index (χ1n) is 10.3. The molecule has 2 aromatic rings. The molecule has 3 unspecified atom stereocenters. The van der Waals surface area contributed by atoms with Gasteiger partial charge in [0.15, 0.2) is 5.96 Å². The van der Waals surface area contributed by atoms with Crippen molar-refractivity contribution in [2.75, 3.05) is 39.4 Å². The van der Waals surface area contributed by atoms with Gasteiger partial charge in [0.05, 0.1) is 25.8 Å². The summed E-state index contributed by atoms with van der Waals surface area (Å²) >= 11 is 1.82. The van der Waals surface area contributed by atoms with Gasteiger partial charge in [-0.1, -0.05) is 36.4 Å². The first-order chi connectivity index (χ1) is 13.8. The van der Waals surface area contributed by atoms with Crippen molar-refractivity contribution in [2.24, 2.45) is 4.99 Å². The van der Waals surface area contributed by atoms with Gasteiger partial charge in [-0.15, -0.1) is 11.3 Å². The van der Waals surface area contributed by atoms with Crippen LogP contribution in [0.4, 0.5) is 0 Å². The summed E-state index contributed by atoms with van der Waals surface area (Å²) in [6.07, 6.45) is 1.17. The maximum Gasteiger partial charge on any atom is 0.191 e. The van der Waals surface area contributed by atoms with Crippen molar-refractivity contribution in [2.45, 2.75) is 31.3 Å². The summed E-state index contributed by atoms with van der Waals surface area (Å²) < 4.78 is 5.55. The Bertz CT molecular complexity index is 743. The van der Waals surface area contributed by atoms with E-state index in [1.807, 2.05) is 11.3 Å². The van der Waals surface area contributed by atoms with Gasteiger partial charge in [0.1, 0.15) is 0 Å². The van der Waals surface area contributed by atoms with Crippen LogP contribution < -0.4 is 10.6 Å². The molecule has 5 nitrogen and oxygen atoms in total. The molecule has 2 aliphatic rings. The van der Waals surface area contributed by atoms with Gasteiger partial charge in [-0.25, -0.2) is 0 Å². The van der Waals surface area contributed by atoms with E-state index in [9.17, 15) is 0 Å². The van der Waals surface area contributed by atoms with Gasteiger partial charge in [-0.3, -0.25) is 9.89 Å². The van der Waals surface area contributed by atoms with Crippen molar-refractivity contribution in [3.05, 3.63) is 58.3 Å². The summed E-state index contributed by atoms with van der Waals surface area (Å²) in [4.78, 5) is 8.86. The number of benzene rings is 1. The van der Waals surface area contributed by atoms with Gasteiger partial charge >= 0.3 is 0 Å². The lowest BCUT2D eigenvalue weighted by atomic mass is 10.1. The topological polar surface area (TPSA) is 48.9 Å². The fourth-order valence-electron chi connectivity index (χ4n) is 3.85. The number of nitrogens with zero attached hydrogens (tertiary/aromatic N) is 2. The van der Waals surface area contributed by atoms with Gasteiger partial charge in [0, 0.05) is 36.5 Å². The molecule has 1 aromatic heterocycles. The lowest BCUT2D eigenvalue weighted by molar-refractivity contribution is 0.0186. The predicted molar refractivity (Wildman–Crippen MR) is 116 cm³/mol. The largest absolute Gasteiger partial charge is 0.379 e. The average Bonchev–Trinajstić information content (AvgIpc) is 3.29. The SMILES string of the molecule is CCNC(=NCC(c1cccs1)N1CCOCC1)NC1CC1c1ccccc1. The Hall–Kier alpha value is -1.89. The fraction of sp³-hybridized carbons (Fsp3) is 0.500.